The van der Waals surface area contributed by atoms with E-state index >= 15 is 0 Å². The molecule has 0 heteroatoms. The van der Waals surface area contributed by atoms with Crippen LogP contribution in [0.3, 0.4) is 0 Å². The Balaban J connectivity index is 3.82. The van der Waals surface area contributed by atoms with Crippen LogP contribution in [0, 0.1) is 0 Å². The first-order valence-corrected chi connectivity index (χ1v) is 2.46. The molecule has 0 spiro atoms. The van der Waals surface area contributed by atoms with E-state index in [4.69, 9.17) is 0 Å². The van der Waals surface area contributed by atoms with Gasteiger partial charge in [-0.2, -0.15) is 0 Å². The molecule has 0 saturated carbocycles. The van der Waals surface area contributed by atoms with Crippen molar-refractivity contribution in [2.45, 2.75) is 6.92 Å². The summed E-state index contributed by atoms with van der Waals surface area (Å²) in [6.45, 7) is 9.06. The van der Waals surface area contributed by atoms with Crippen LogP contribution < -0.4 is 0 Å². The van der Waals surface area contributed by atoms with Crippen LogP contribution in [-0.2, 0) is 0 Å². The van der Waals surface area contributed by atoms with Crippen LogP contribution in [0.4, 0.5) is 0 Å². The normalized spacial score (nSPS) is 6.62. The molecule has 0 aliphatic heterocycles. The Labute approximate surface area is 50.5 Å². The molecule has 0 aromatic rings. The third-order valence-corrected chi connectivity index (χ3v) is 0.544. The zero-order valence-corrected chi connectivity index (χ0v) is 5.15. The molecule has 0 rings (SSSR count). The standard InChI is InChI=1S/C8H10/c1-4-5-6-7-8(2)3/h4-5,7H,1-2H2,3H3. The van der Waals surface area contributed by atoms with E-state index in [1.165, 1.54) is 0 Å². The SMILES string of the molecule is C=CC=C=CC(=C)C. The number of rotatable bonds is 2. The quantitative estimate of drug-likeness (QED) is 0.374. The molecule has 0 aromatic heterocycles. The van der Waals surface area contributed by atoms with Gasteiger partial charge in [-0.1, -0.05) is 24.8 Å². The summed E-state index contributed by atoms with van der Waals surface area (Å²) in [6, 6.07) is 0. The zero-order chi connectivity index (χ0) is 6.41. The highest BCUT2D eigenvalue weighted by Gasteiger charge is 1.64. The number of hydrogen-bond acceptors (Lipinski definition) is 0. The van der Waals surface area contributed by atoms with Crippen molar-refractivity contribution >= 4 is 0 Å². The fraction of sp³-hybridized carbons (Fsp3) is 0.125. The smallest absolute Gasteiger partial charge is 0.0176 e. The Morgan fingerprint density at radius 1 is 1.62 bits per heavy atom. The van der Waals surface area contributed by atoms with Crippen LogP contribution in [0.1, 0.15) is 6.92 Å². The molecule has 0 unspecified atom stereocenters. The van der Waals surface area contributed by atoms with Gasteiger partial charge in [0.2, 0.25) is 0 Å². The maximum absolute atomic E-state index is 3.65. The third kappa shape index (κ3) is 5.00. The molecule has 0 saturated heterocycles. The number of hydrogen-bond donors (Lipinski definition) is 0. The third-order valence-electron chi connectivity index (χ3n) is 0.544. The monoisotopic (exact) mass is 106 g/mol. The van der Waals surface area contributed by atoms with Gasteiger partial charge in [-0.15, -0.1) is 5.73 Å². The van der Waals surface area contributed by atoms with Crippen molar-refractivity contribution in [1.82, 2.24) is 0 Å². The summed E-state index contributed by atoms with van der Waals surface area (Å²) in [7, 11) is 0. The van der Waals surface area contributed by atoms with Crippen molar-refractivity contribution in [3.63, 3.8) is 0 Å². The van der Waals surface area contributed by atoms with Crippen LogP contribution >= 0.6 is 0 Å². The topological polar surface area (TPSA) is 0 Å². The van der Waals surface area contributed by atoms with Gasteiger partial charge in [0.05, 0.1) is 0 Å². The molecular weight excluding hydrogens is 96.1 g/mol. The van der Waals surface area contributed by atoms with E-state index in [2.05, 4.69) is 18.9 Å². The van der Waals surface area contributed by atoms with E-state index in [1.807, 2.05) is 13.0 Å². The van der Waals surface area contributed by atoms with E-state index in [0.29, 0.717) is 0 Å². The summed E-state index contributed by atoms with van der Waals surface area (Å²) in [4.78, 5) is 0. The second-order valence-electron chi connectivity index (χ2n) is 1.56. The number of allylic oxidation sites excluding steroid dienone is 3. The van der Waals surface area contributed by atoms with Crippen molar-refractivity contribution in [3.05, 3.63) is 42.7 Å². The highest BCUT2D eigenvalue weighted by Crippen LogP contribution is 1.84. The van der Waals surface area contributed by atoms with Crippen LogP contribution in [0.2, 0.25) is 0 Å². The van der Waals surface area contributed by atoms with E-state index < -0.39 is 0 Å². The molecule has 0 nitrogen and oxygen atoms in total. The fourth-order valence-corrected chi connectivity index (χ4v) is 0.258. The van der Waals surface area contributed by atoms with Gasteiger partial charge in [0, 0.05) is 0 Å². The van der Waals surface area contributed by atoms with Gasteiger partial charge in [-0.05, 0) is 19.1 Å². The first-order valence-electron chi connectivity index (χ1n) is 2.46. The predicted octanol–water partition coefficient (Wildman–Crippen LogP) is 2.46. The Morgan fingerprint density at radius 3 is 2.62 bits per heavy atom. The predicted molar refractivity (Wildman–Crippen MR) is 37.7 cm³/mol. The molecule has 0 aliphatic rings. The van der Waals surface area contributed by atoms with Crippen molar-refractivity contribution < 1.29 is 0 Å². The maximum atomic E-state index is 3.65. The Kier molecular flexibility index (Phi) is 3.65. The minimum Gasteiger partial charge on any atom is -0.121 e. The average molecular weight is 106 g/mol. The van der Waals surface area contributed by atoms with Crippen LogP contribution in [-0.4, -0.2) is 0 Å². The second kappa shape index (κ2) is 4.17. The highest BCUT2D eigenvalue weighted by atomic mass is 13.7. The zero-order valence-electron chi connectivity index (χ0n) is 5.15. The second-order valence-corrected chi connectivity index (χ2v) is 1.56. The first kappa shape index (κ1) is 7.00. The van der Waals surface area contributed by atoms with Gasteiger partial charge >= 0.3 is 0 Å². The summed E-state index contributed by atoms with van der Waals surface area (Å²) >= 11 is 0. The van der Waals surface area contributed by atoms with Gasteiger partial charge in [0.25, 0.3) is 0 Å². The first-order chi connectivity index (χ1) is 3.77. The molecular formula is C8H10. The lowest BCUT2D eigenvalue weighted by atomic mass is 10.3. The molecule has 0 aromatic carbocycles. The van der Waals surface area contributed by atoms with Gasteiger partial charge < -0.3 is 0 Å². The average Bonchev–Trinajstić information content (AvgIpc) is 1.66. The van der Waals surface area contributed by atoms with Crippen LogP contribution in [0.5, 0.6) is 0 Å². The minimum atomic E-state index is 1.00. The van der Waals surface area contributed by atoms with E-state index in [1.54, 1.807) is 12.2 Å². The fourth-order valence-electron chi connectivity index (χ4n) is 0.258. The van der Waals surface area contributed by atoms with E-state index in [9.17, 15) is 0 Å². The summed E-state index contributed by atoms with van der Waals surface area (Å²) in [5.74, 6) is 0. The van der Waals surface area contributed by atoms with E-state index in [-0.39, 0.29) is 0 Å². The lowest BCUT2D eigenvalue weighted by molar-refractivity contribution is 1.57. The highest BCUT2D eigenvalue weighted by molar-refractivity contribution is 5.12. The van der Waals surface area contributed by atoms with Gasteiger partial charge in [-0.3, -0.25) is 0 Å². The molecule has 0 aliphatic carbocycles. The maximum Gasteiger partial charge on any atom is -0.0176 e. The molecule has 0 amide bonds. The lowest BCUT2D eigenvalue weighted by Gasteiger charge is -1.73. The molecule has 42 valence electrons. The lowest BCUT2D eigenvalue weighted by Crippen LogP contribution is -1.53. The van der Waals surface area contributed by atoms with Gasteiger partial charge in [-0.25, -0.2) is 0 Å². The van der Waals surface area contributed by atoms with Crippen LogP contribution in [0.15, 0.2) is 42.7 Å². The molecule has 0 atom stereocenters. The molecule has 0 radical (unpaired) electrons. The van der Waals surface area contributed by atoms with Crippen molar-refractivity contribution in [2.75, 3.05) is 0 Å². The van der Waals surface area contributed by atoms with Crippen LogP contribution in [0.25, 0.3) is 0 Å². The van der Waals surface area contributed by atoms with Gasteiger partial charge in [0.1, 0.15) is 0 Å². The summed E-state index contributed by atoms with van der Waals surface area (Å²) in [6.07, 6.45) is 5.23. The van der Waals surface area contributed by atoms with E-state index in [0.717, 1.165) is 5.57 Å². The summed E-state index contributed by atoms with van der Waals surface area (Å²) < 4.78 is 0. The minimum absolute atomic E-state index is 1.00. The summed E-state index contributed by atoms with van der Waals surface area (Å²) in [5, 5.41) is 0. The van der Waals surface area contributed by atoms with Gasteiger partial charge in [0.15, 0.2) is 0 Å². The van der Waals surface area contributed by atoms with Crippen molar-refractivity contribution in [2.24, 2.45) is 0 Å². The molecule has 8 heavy (non-hydrogen) atoms. The molecule has 0 heterocycles. The Morgan fingerprint density at radius 2 is 2.25 bits per heavy atom. The Bertz CT molecular complexity index is 143. The van der Waals surface area contributed by atoms with Crippen molar-refractivity contribution in [1.29, 1.82) is 0 Å². The molecule has 0 N–H and O–H groups in total. The van der Waals surface area contributed by atoms with Crippen molar-refractivity contribution in [3.8, 4) is 0 Å². The summed E-state index contributed by atoms with van der Waals surface area (Å²) in [5.41, 5.74) is 3.87. The molecule has 0 fully saturated rings. The molecule has 0 bridgehead atoms. The largest absolute Gasteiger partial charge is 0.121 e. The Hall–Kier alpha value is -1.00.